The maximum Gasteiger partial charge on any atom is 0.254 e. The highest BCUT2D eigenvalue weighted by atomic mass is 35.5. The van der Waals surface area contributed by atoms with Gasteiger partial charge in [0.15, 0.2) is 0 Å². The molecule has 0 spiro atoms. The molecule has 1 atom stereocenters. The van der Waals surface area contributed by atoms with Gasteiger partial charge in [-0.15, -0.1) is 0 Å². The fraction of sp³-hybridized carbons (Fsp3) is 0.304. The summed E-state index contributed by atoms with van der Waals surface area (Å²) in [5, 5.41) is 0.590. The summed E-state index contributed by atoms with van der Waals surface area (Å²) in [5.74, 6) is 0.416. The molecule has 0 radical (unpaired) electrons. The van der Waals surface area contributed by atoms with Crippen LogP contribution >= 0.6 is 11.6 Å². The van der Waals surface area contributed by atoms with E-state index in [1.54, 1.807) is 47.5 Å². The monoisotopic (exact) mass is 427 g/mol. The van der Waals surface area contributed by atoms with Crippen molar-refractivity contribution in [1.82, 2.24) is 14.5 Å². The lowest BCUT2D eigenvalue weighted by atomic mass is 10.1. The summed E-state index contributed by atoms with van der Waals surface area (Å²) in [4.78, 5) is 19.5. The normalized spacial score (nSPS) is 16.0. The van der Waals surface area contributed by atoms with E-state index in [9.17, 15) is 9.18 Å². The number of nitrogens with zero attached hydrogens (tertiary/aromatic N) is 3. The minimum atomic E-state index is -0.263. The summed E-state index contributed by atoms with van der Waals surface area (Å²) >= 11 is 5.97. The third-order valence-electron chi connectivity index (χ3n) is 5.23. The molecule has 1 aliphatic rings. The first kappa shape index (κ1) is 20.6. The number of hydrogen-bond acceptors (Lipinski definition) is 3. The number of carbonyl (C=O) groups excluding carboxylic acids is 1. The van der Waals surface area contributed by atoms with Gasteiger partial charge in [0.1, 0.15) is 11.6 Å². The minimum Gasteiger partial charge on any atom is -0.376 e. The van der Waals surface area contributed by atoms with Crippen LogP contribution in [0.2, 0.25) is 5.02 Å². The number of carbonyl (C=O) groups is 1. The first-order valence-corrected chi connectivity index (χ1v) is 10.4. The zero-order chi connectivity index (χ0) is 20.9. The first-order chi connectivity index (χ1) is 14.6. The molecule has 1 amide bonds. The molecular formula is C23H23ClFN3O2. The second kappa shape index (κ2) is 9.41. The van der Waals surface area contributed by atoms with Crippen molar-refractivity contribution in [2.24, 2.45) is 0 Å². The molecule has 1 unspecified atom stereocenters. The van der Waals surface area contributed by atoms with Gasteiger partial charge in [-0.1, -0.05) is 23.7 Å². The van der Waals surface area contributed by atoms with Gasteiger partial charge >= 0.3 is 0 Å². The van der Waals surface area contributed by atoms with E-state index in [1.807, 2.05) is 10.8 Å². The standard InChI is InChI=1S/C23H23ClFN3O2/c24-19-7-5-18(6-8-19)23(29)28(15-21-2-1-13-30-21)16-22-26-11-12-27(22)14-17-3-9-20(25)10-4-17/h3-12,21H,1-2,13-16H2. The largest absolute Gasteiger partial charge is 0.376 e. The summed E-state index contributed by atoms with van der Waals surface area (Å²) in [6.07, 6.45) is 5.56. The van der Waals surface area contributed by atoms with Crippen molar-refractivity contribution in [3.05, 3.63) is 88.7 Å². The van der Waals surface area contributed by atoms with Crippen LogP contribution in [0, 0.1) is 5.82 Å². The summed E-state index contributed by atoms with van der Waals surface area (Å²) in [6.45, 7) is 2.14. The molecule has 2 aromatic carbocycles. The summed E-state index contributed by atoms with van der Waals surface area (Å²) in [5.41, 5.74) is 1.54. The second-order valence-corrected chi connectivity index (χ2v) is 7.86. The molecule has 7 heteroatoms. The van der Waals surface area contributed by atoms with Crippen LogP contribution in [0.4, 0.5) is 4.39 Å². The number of imidazole rings is 1. The zero-order valence-corrected chi connectivity index (χ0v) is 17.3. The minimum absolute atomic E-state index is 0.0294. The third-order valence-corrected chi connectivity index (χ3v) is 5.48. The molecule has 1 aromatic heterocycles. The average molecular weight is 428 g/mol. The SMILES string of the molecule is O=C(c1ccc(Cl)cc1)N(Cc1nccn1Cc1ccc(F)cc1)CC1CCCO1. The van der Waals surface area contributed by atoms with Crippen molar-refractivity contribution < 1.29 is 13.9 Å². The van der Waals surface area contributed by atoms with Gasteiger partial charge in [0.2, 0.25) is 0 Å². The fourth-order valence-corrected chi connectivity index (χ4v) is 3.75. The average Bonchev–Trinajstić information content (AvgIpc) is 3.42. The van der Waals surface area contributed by atoms with Crippen LogP contribution in [-0.4, -0.2) is 39.6 Å². The molecule has 1 fully saturated rings. The Morgan fingerprint density at radius 3 is 2.67 bits per heavy atom. The molecule has 0 aliphatic carbocycles. The Morgan fingerprint density at radius 1 is 1.20 bits per heavy atom. The molecule has 30 heavy (non-hydrogen) atoms. The molecule has 4 rings (SSSR count). The van der Waals surface area contributed by atoms with Crippen LogP contribution in [0.3, 0.4) is 0 Å². The quantitative estimate of drug-likeness (QED) is 0.556. The Bertz CT molecular complexity index is 982. The maximum atomic E-state index is 13.2. The van der Waals surface area contributed by atoms with Crippen molar-refractivity contribution in [2.45, 2.75) is 32.0 Å². The molecule has 156 valence electrons. The number of benzene rings is 2. The van der Waals surface area contributed by atoms with Crippen LogP contribution in [0.25, 0.3) is 0 Å². The fourth-order valence-electron chi connectivity index (χ4n) is 3.62. The number of aromatic nitrogens is 2. The van der Waals surface area contributed by atoms with Crippen molar-refractivity contribution >= 4 is 17.5 Å². The van der Waals surface area contributed by atoms with Crippen LogP contribution in [0.5, 0.6) is 0 Å². The van der Waals surface area contributed by atoms with Gasteiger partial charge < -0.3 is 14.2 Å². The molecule has 0 N–H and O–H groups in total. The molecular weight excluding hydrogens is 405 g/mol. The molecule has 0 saturated carbocycles. The van der Waals surface area contributed by atoms with Crippen LogP contribution < -0.4 is 0 Å². The summed E-state index contributed by atoms with van der Waals surface area (Å²) in [6, 6.07) is 13.3. The molecule has 2 heterocycles. The van der Waals surface area contributed by atoms with Crippen molar-refractivity contribution in [3.8, 4) is 0 Å². The number of amides is 1. The van der Waals surface area contributed by atoms with E-state index in [2.05, 4.69) is 4.98 Å². The van der Waals surface area contributed by atoms with Gasteiger partial charge in [0, 0.05) is 42.7 Å². The van der Waals surface area contributed by atoms with E-state index in [-0.39, 0.29) is 17.8 Å². The van der Waals surface area contributed by atoms with E-state index >= 15 is 0 Å². The van der Waals surface area contributed by atoms with E-state index in [1.165, 1.54) is 12.1 Å². The van der Waals surface area contributed by atoms with Crippen molar-refractivity contribution in [3.63, 3.8) is 0 Å². The van der Waals surface area contributed by atoms with Gasteiger partial charge in [0.05, 0.1) is 12.6 Å². The molecule has 3 aromatic rings. The number of rotatable bonds is 7. The zero-order valence-electron chi connectivity index (χ0n) is 16.5. The Kier molecular flexibility index (Phi) is 6.45. The number of ether oxygens (including phenoxy) is 1. The Labute approximate surface area is 180 Å². The highest BCUT2D eigenvalue weighted by Crippen LogP contribution is 2.19. The van der Waals surface area contributed by atoms with Gasteiger partial charge in [-0.3, -0.25) is 4.79 Å². The van der Waals surface area contributed by atoms with Crippen LogP contribution in [-0.2, 0) is 17.8 Å². The number of hydrogen-bond donors (Lipinski definition) is 0. The Morgan fingerprint density at radius 2 is 1.97 bits per heavy atom. The summed E-state index contributed by atoms with van der Waals surface area (Å²) in [7, 11) is 0. The smallest absolute Gasteiger partial charge is 0.254 e. The maximum absolute atomic E-state index is 13.2. The van der Waals surface area contributed by atoms with Gasteiger partial charge in [-0.05, 0) is 54.8 Å². The highest BCUT2D eigenvalue weighted by Gasteiger charge is 2.25. The van der Waals surface area contributed by atoms with Crippen molar-refractivity contribution in [2.75, 3.05) is 13.2 Å². The highest BCUT2D eigenvalue weighted by molar-refractivity contribution is 6.30. The van der Waals surface area contributed by atoms with E-state index < -0.39 is 0 Å². The second-order valence-electron chi connectivity index (χ2n) is 7.43. The van der Waals surface area contributed by atoms with Crippen LogP contribution in [0.1, 0.15) is 34.6 Å². The molecule has 0 bridgehead atoms. The number of halogens is 2. The first-order valence-electron chi connectivity index (χ1n) is 9.99. The lowest BCUT2D eigenvalue weighted by Gasteiger charge is -2.26. The molecule has 1 aliphatic heterocycles. The van der Waals surface area contributed by atoms with E-state index in [0.717, 1.165) is 30.8 Å². The Hall–Kier alpha value is -2.70. The summed E-state index contributed by atoms with van der Waals surface area (Å²) < 4.78 is 20.9. The third kappa shape index (κ3) is 5.07. The van der Waals surface area contributed by atoms with Gasteiger partial charge in [0.25, 0.3) is 5.91 Å². The van der Waals surface area contributed by atoms with Gasteiger partial charge in [-0.2, -0.15) is 0 Å². The molecule has 5 nitrogen and oxygen atoms in total. The predicted octanol–water partition coefficient (Wildman–Crippen LogP) is 4.55. The lowest BCUT2D eigenvalue weighted by molar-refractivity contribution is 0.0499. The Balaban J connectivity index is 1.54. The topological polar surface area (TPSA) is 47.4 Å². The lowest BCUT2D eigenvalue weighted by Crippen LogP contribution is -2.37. The van der Waals surface area contributed by atoms with Crippen LogP contribution in [0.15, 0.2) is 60.9 Å². The van der Waals surface area contributed by atoms with E-state index in [0.29, 0.717) is 30.2 Å². The van der Waals surface area contributed by atoms with E-state index in [4.69, 9.17) is 16.3 Å². The molecule has 1 saturated heterocycles. The predicted molar refractivity (Wildman–Crippen MR) is 113 cm³/mol. The van der Waals surface area contributed by atoms with Crippen molar-refractivity contribution in [1.29, 1.82) is 0 Å². The van der Waals surface area contributed by atoms with Gasteiger partial charge in [-0.25, -0.2) is 9.37 Å².